The Kier molecular flexibility index (Phi) is 15.9. The van der Waals surface area contributed by atoms with E-state index < -0.39 is 53.6 Å². The summed E-state index contributed by atoms with van der Waals surface area (Å²) in [4.78, 5) is 49.6. The van der Waals surface area contributed by atoms with E-state index in [1.807, 2.05) is 20.8 Å². The second-order valence-electron chi connectivity index (χ2n) is 11.1. The number of aliphatic carboxylic acids is 1. The minimum Gasteiger partial charge on any atom is -0.480 e. The first kappa shape index (κ1) is 36.7. The molecule has 1 rings (SSSR count). The van der Waals surface area contributed by atoms with Crippen LogP contribution < -0.4 is 15.2 Å². The second kappa shape index (κ2) is 18.3. The van der Waals surface area contributed by atoms with Crippen molar-refractivity contribution >= 4 is 24.2 Å². The van der Waals surface area contributed by atoms with Gasteiger partial charge in [-0.25, -0.2) is 9.59 Å². The molecule has 4 atom stereocenters. The number of carboxylic acid groups (broad SMARTS) is 1. The van der Waals surface area contributed by atoms with Gasteiger partial charge in [-0.3, -0.25) is 9.59 Å². The monoisotopic (exact) mass is 595 g/mol. The lowest BCUT2D eigenvalue weighted by Crippen LogP contribution is -2.43. The van der Waals surface area contributed by atoms with E-state index in [1.165, 1.54) is 18.2 Å². The quantitative estimate of drug-likeness (QED) is 0.0814. The van der Waals surface area contributed by atoms with Crippen LogP contribution in [0, 0.1) is 11.3 Å². The van der Waals surface area contributed by atoms with Gasteiger partial charge in [0.25, 0.3) is 0 Å². The summed E-state index contributed by atoms with van der Waals surface area (Å²) in [5.41, 5.74) is 5.79. The second-order valence-corrected chi connectivity index (χ2v) is 11.1. The summed E-state index contributed by atoms with van der Waals surface area (Å²) in [6, 6.07) is 2.87. The number of carboxylic acids is 1. The molecule has 3 unspecified atom stereocenters. The number of carbonyl (C=O) groups excluding carboxylic acids is 3. The van der Waals surface area contributed by atoms with Gasteiger partial charge in [-0.15, -0.1) is 0 Å². The SMILES string of the molecule is CCCCCOC(=O)Oc1ccc(C(C(C)C(C)OC(=O)C(C)(C)CC)[C@H](N)C(=O)O)cc1OC(=O)OCCCCC. The van der Waals surface area contributed by atoms with E-state index in [-0.39, 0.29) is 24.7 Å². The molecular formula is C31H49NO10. The van der Waals surface area contributed by atoms with E-state index in [9.17, 15) is 24.3 Å². The van der Waals surface area contributed by atoms with Crippen molar-refractivity contribution in [3.05, 3.63) is 23.8 Å². The normalized spacial score (nSPS) is 14.2. The first-order chi connectivity index (χ1) is 19.8. The molecule has 0 spiro atoms. The number of ether oxygens (including phenoxy) is 5. The predicted octanol–water partition coefficient (Wildman–Crippen LogP) is 6.60. The standard InChI is InChI=1S/C31H49NO10/c1-8-11-13-17-38-29(36)41-23-16-15-22(19-24(23)42-30(37)39-18-14-12-9-2)25(26(32)27(33)34)20(4)21(5)40-28(35)31(6,7)10-3/h15-16,19-21,25-26H,8-14,17-18,32H2,1-7H3,(H,33,34)/t20?,21?,25?,26-/m0/s1. The van der Waals surface area contributed by atoms with Gasteiger partial charge in [0.05, 0.1) is 18.6 Å². The Bertz CT molecular complexity index is 1020. The topological polar surface area (TPSA) is 161 Å². The van der Waals surface area contributed by atoms with Crippen LogP contribution in [-0.4, -0.2) is 54.7 Å². The highest BCUT2D eigenvalue weighted by molar-refractivity contribution is 5.76. The molecule has 0 saturated carbocycles. The van der Waals surface area contributed by atoms with Crippen LogP contribution in [0.3, 0.4) is 0 Å². The maximum atomic E-state index is 12.7. The van der Waals surface area contributed by atoms with Crippen molar-refractivity contribution in [1.82, 2.24) is 0 Å². The molecule has 42 heavy (non-hydrogen) atoms. The molecule has 0 heterocycles. The zero-order valence-electron chi connectivity index (χ0n) is 26.1. The van der Waals surface area contributed by atoms with Crippen molar-refractivity contribution in [2.24, 2.45) is 17.1 Å². The van der Waals surface area contributed by atoms with E-state index in [4.69, 9.17) is 29.4 Å². The summed E-state index contributed by atoms with van der Waals surface area (Å²) < 4.78 is 26.7. The van der Waals surface area contributed by atoms with Crippen molar-refractivity contribution in [3.63, 3.8) is 0 Å². The van der Waals surface area contributed by atoms with Crippen LogP contribution in [0.15, 0.2) is 18.2 Å². The molecule has 0 aliphatic carbocycles. The molecular weight excluding hydrogens is 546 g/mol. The fraction of sp³-hybridized carbons (Fsp3) is 0.677. The van der Waals surface area contributed by atoms with E-state index >= 15 is 0 Å². The summed E-state index contributed by atoms with van der Waals surface area (Å²) in [7, 11) is 0. The highest BCUT2D eigenvalue weighted by atomic mass is 16.7. The molecule has 1 aromatic rings. The summed E-state index contributed by atoms with van der Waals surface area (Å²) in [5.74, 6) is -3.43. The molecule has 0 radical (unpaired) electrons. The van der Waals surface area contributed by atoms with Crippen molar-refractivity contribution < 1.29 is 48.0 Å². The van der Waals surface area contributed by atoms with Crippen molar-refractivity contribution in [1.29, 1.82) is 0 Å². The van der Waals surface area contributed by atoms with E-state index in [0.29, 0.717) is 24.8 Å². The molecule has 0 aromatic heterocycles. The minimum atomic E-state index is -1.40. The van der Waals surface area contributed by atoms with Gasteiger partial charge in [-0.2, -0.15) is 0 Å². The average molecular weight is 596 g/mol. The lowest BCUT2D eigenvalue weighted by atomic mass is 9.79. The Morgan fingerprint density at radius 2 is 1.38 bits per heavy atom. The Balaban J connectivity index is 3.37. The van der Waals surface area contributed by atoms with E-state index in [0.717, 1.165) is 25.7 Å². The number of carbonyl (C=O) groups is 4. The van der Waals surface area contributed by atoms with Crippen LogP contribution in [-0.2, 0) is 23.8 Å². The Morgan fingerprint density at radius 3 is 1.86 bits per heavy atom. The smallest absolute Gasteiger partial charge is 0.480 e. The molecule has 0 amide bonds. The van der Waals surface area contributed by atoms with Gasteiger partial charge >= 0.3 is 24.2 Å². The van der Waals surface area contributed by atoms with Gasteiger partial charge < -0.3 is 34.5 Å². The average Bonchev–Trinajstić information content (AvgIpc) is 2.94. The third-order valence-electron chi connectivity index (χ3n) is 7.38. The van der Waals surface area contributed by atoms with Crippen LogP contribution in [0.4, 0.5) is 9.59 Å². The molecule has 0 aliphatic heterocycles. The third kappa shape index (κ3) is 11.9. The van der Waals surface area contributed by atoms with Gasteiger partial charge in [-0.1, -0.05) is 59.4 Å². The molecule has 0 bridgehead atoms. The summed E-state index contributed by atoms with van der Waals surface area (Å²) >= 11 is 0. The Morgan fingerprint density at radius 1 is 0.857 bits per heavy atom. The number of hydrogen-bond acceptors (Lipinski definition) is 10. The molecule has 0 saturated heterocycles. The highest BCUT2D eigenvalue weighted by Crippen LogP contribution is 2.38. The zero-order chi connectivity index (χ0) is 31.9. The number of benzene rings is 1. The predicted molar refractivity (Wildman–Crippen MR) is 157 cm³/mol. The third-order valence-corrected chi connectivity index (χ3v) is 7.38. The Hall–Kier alpha value is -3.34. The maximum absolute atomic E-state index is 12.7. The Labute approximate surface area is 249 Å². The molecule has 11 nitrogen and oxygen atoms in total. The molecule has 238 valence electrons. The van der Waals surface area contributed by atoms with Crippen LogP contribution in [0.25, 0.3) is 0 Å². The van der Waals surface area contributed by atoms with Crippen molar-refractivity contribution in [3.8, 4) is 11.5 Å². The summed E-state index contributed by atoms with van der Waals surface area (Å²) in [5, 5.41) is 9.82. The van der Waals surface area contributed by atoms with Crippen LogP contribution >= 0.6 is 0 Å². The lowest BCUT2D eigenvalue weighted by Gasteiger charge is -2.33. The zero-order valence-corrected chi connectivity index (χ0v) is 26.1. The summed E-state index contributed by atoms with van der Waals surface area (Å²) in [6.07, 6.45) is 2.81. The number of unbranched alkanes of at least 4 members (excludes halogenated alkanes) is 4. The molecule has 3 N–H and O–H groups in total. The van der Waals surface area contributed by atoms with Gasteiger partial charge in [-0.05, 0) is 57.7 Å². The molecule has 0 aliphatic rings. The largest absolute Gasteiger partial charge is 0.513 e. The highest BCUT2D eigenvalue weighted by Gasteiger charge is 2.37. The first-order valence-electron chi connectivity index (χ1n) is 14.8. The van der Waals surface area contributed by atoms with E-state index in [1.54, 1.807) is 27.7 Å². The number of esters is 1. The minimum absolute atomic E-state index is 0.121. The van der Waals surface area contributed by atoms with Crippen LogP contribution in [0.5, 0.6) is 11.5 Å². The number of rotatable bonds is 18. The van der Waals surface area contributed by atoms with Crippen molar-refractivity contribution in [2.45, 2.75) is 111 Å². The lowest BCUT2D eigenvalue weighted by molar-refractivity contribution is -0.162. The van der Waals surface area contributed by atoms with Crippen molar-refractivity contribution in [2.75, 3.05) is 13.2 Å². The fourth-order valence-electron chi connectivity index (χ4n) is 4.01. The van der Waals surface area contributed by atoms with Gasteiger partial charge in [0.2, 0.25) is 0 Å². The van der Waals surface area contributed by atoms with E-state index in [2.05, 4.69) is 0 Å². The summed E-state index contributed by atoms with van der Waals surface area (Å²) in [6.45, 7) is 13.2. The molecule has 0 fully saturated rings. The first-order valence-corrected chi connectivity index (χ1v) is 14.8. The van der Waals surface area contributed by atoms with Gasteiger partial charge in [0.15, 0.2) is 11.5 Å². The fourth-order valence-corrected chi connectivity index (χ4v) is 4.01. The number of hydrogen-bond donors (Lipinski definition) is 2. The molecule has 1 aromatic carbocycles. The number of nitrogens with two attached hydrogens (primary N) is 1. The van der Waals surface area contributed by atoms with Gasteiger partial charge in [0, 0.05) is 11.8 Å². The van der Waals surface area contributed by atoms with Crippen LogP contribution in [0.1, 0.15) is 105 Å². The maximum Gasteiger partial charge on any atom is 0.513 e. The van der Waals surface area contributed by atoms with Gasteiger partial charge in [0.1, 0.15) is 12.1 Å². The molecule has 11 heteroatoms. The van der Waals surface area contributed by atoms with Crippen LogP contribution in [0.2, 0.25) is 0 Å².